The Morgan fingerprint density at radius 1 is 1.50 bits per heavy atom. The lowest BCUT2D eigenvalue weighted by atomic mass is 10.1. The zero-order valence-electron chi connectivity index (χ0n) is 9.90. The quantitative estimate of drug-likeness (QED) is 0.873. The van der Waals surface area contributed by atoms with Crippen molar-refractivity contribution in [1.29, 1.82) is 0 Å². The number of H-pyrrole nitrogens is 1. The molecule has 4 nitrogen and oxygen atoms in total. The van der Waals surface area contributed by atoms with Crippen molar-refractivity contribution in [2.75, 3.05) is 0 Å². The van der Waals surface area contributed by atoms with Crippen molar-refractivity contribution in [1.82, 2.24) is 10.2 Å². The number of nitrogens with one attached hydrogen (secondary N) is 1. The number of aliphatic carboxylic acids is 1. The molecule has 0 amide bonds. The molecule has 0 aliphatic heterocycles. The van der Waals surface area contributed by atoms with E-state index in [1.807, 2.05) is 6.92 Å². The summed E-state index contributed by atoms with van der Waals surface area (Å²) >= 11 is 0. The van der Waals surface area contributed by atoms with Crippen LogP contribution >= 0.6 is 0 Å². The van der Waals surface area contributed by atoms with Gasteiger partial charge >= 0.3 is 5.97 Å². The lowest BCUT2D eigenvalue weighted by molar-refractivity contribution is -0.136. The average Bonchev–Trinajstić information content (AvgIpc) is 2.68. The Kier molecular flexibility index (Phi) is 3.41. The minimum absolute atomic E-state index is 0.0472. The summed E-state index contributed by atoms with van der Waals surface area (Å²) in [7, 11) is 0. The summed E-state index contributed by atoms with van der Waals surface area (Å²) in [6.45, 7) is 1.85. The molecule has 94 valence electrons. The van der Waals surface area contributed by atoms with Gasteiger partial charge in [-0.1, -0.05) is 12.1 Å². The molecule has 0 aliphatic carbocycles. The van der Waals surface area contributed by atoms with Gasteiger partial charge in [0, 0.05) is 11.3 Å². The number of halogens is 1. The highest BCUT2D eigenvalue weighted by atomic mass is 19.1. The highest BCUT2D eigenvalue weighted by Gasteiger charge is 2.12. The number of hydrogen-bond acceptors (Lipinski definition) is 2. The van der Waals surface area contributed by atoms with Gasteiger partial charge in [-0.05, 0) is 31.0 Å². The Labute approximate surface area is 103 Å². The lowest BCUT2D eigenvalue weighted by Gasteiger charge is -2.00. The molecule has 0 saturated heterocycles. The van der Waals surface area contributed by atoms with E-state index in [-0.39, 0.29) is 12.2 Å². The number of nitrogens with zero attached hydrogens (tertiary/aromatic N) is 1. The molecule has 1 aromatic carbocycles. The number of aromatic nitrogens is 2. The molecule has 0 fully saturated rings. The highest BCUT2D eigenvalue weighted by Crippen LogP contribution is 2.24. The molecule has 0 saturated carbocycles. The molecule has 0 aliphatic rings. The van der Waals surface area contributed by atoms with E-state index in [4.69, 9.17) is 5.11 Å². The number of carboxylic acid groups (broad SMARTS) is 1. The van der Waals surface area contributed by atoms with Gasteiger partial charge in [-0.3, -0.25) is 9.89 Å². The summed E-state index contributed by atoms with van der Waals surface area (Å²) in [5.41, 5.74) is 2.98. The van der Waals surface area contributed by atoms with Crippen molar-refractivity contribution in [3.05, 3.63) is 41.3 Å². The topological polar surface area (TPSA) is 66.0 Å². The van der Waals surface area contributed by atoms with Gasteiger partial charge in [-0.15, -0.1) is 0 Å². The third-order valence-electron chi connectivity index (χ3n) is 2.80. The first-order valence-electron chi connectivity index (χ1n) is 5.59. The molecule has 5 heteroatoms. The van der Waals surface area contributed by atoms with Gasteiger partial charge < -0.3 is 5.11 Å². The number of aromatic amines is 1. The van der Waals surface area contributed by atoms with Crippen LogP contribution < -0.4 is 0 Å². The van der Waals surface area contributed by atoms with Crippen molar-refractivity contribution in [2.45, 2.75) is 19.8 Å². The van der Waals surface area contributed by atoms with Gasteiger partial charge in [0.25, 0.3) is 0 Å². The van der Waals surface area contributed by atoms with Crippen molar-refractivity contribution < 1.29 is 14.3 Å². The molecule has 0 atom stereocenters. The zero-order chi connectivity index (χ0) is 13.1. The van der Waals surface area contributed by atoms with Gasteiger partial charge in [0.1, 0.15) is 5.82 Å². The van der Waals surface area contributed by atoms with E-state index in [1.54, 1.807) is 12.1 Å². The average molecular weight is 248 g/mol. The second kappa shape index (κ2) is 5.00. The molecule has 1 aromatic heterocycles. The molecule has 1 heterocycles. The van der Waals surface area contributed by atoms with Crippen molar-refractivity contribution in [3.63, 3.8) is 0 Å². The number of carbonyl (C=O) groups is 1. The van der Waals surface area contributed by atoms with E-state index in [9.17, 15) is 9.18 Å². The summed E-state index contributed by atoms with van der Waals surface area (Å²) < 4.78 is 13.1. The Morgan fingerprint density at radius 2 is 2.28 bits per heavy atom. The highest BCUT2D eigenvalue weighted by molar-refractivity contribution is 5.68. The Hall–Kier alpha value is -2.17. The predicted octanol–water partition coefficient (Wildman–Crippen LogP) is 2.54. The van der Waals surface area contributed by atoms with E-state index in [1.165, 1.54) is 12.1 Å². The van der Waals surface area contributed by atoms with Crippen LogP contribution in [0.15, 0.2) is 24.3 Å². The van der Waals surface area contributed by atoms with Gasteiger partial charge in [-0.2, -0.15) is 5.10 Å². The summed E-state index contributed by atoms with van der Waals surface area (Å²) in [5, 5.41) is 15.6. The van der Waals surface area contributed by atoms with E-state index in [0.29, 0.717) is 17.7 Å². The summed E-state index contributed by atoms with van der Waals surface area (Å²) in [6, 6.07) is 6.17. The van der Waals surface area contributed by atoms with E-state index in [0.717, 1.165) is 11.3 Å². The maximum atomic E-state index is 13.1. The number of benzene rings is 1. The molecule has 0 radical (unpaired) electrons. The fourth-order valence-corrected chi connectivity index (χ4v) is 1.83. The summed E-state index contributed by atoms with van der Waals surface area (Å²) in [6.07, 6.45) is 0.440. The Morgan fingerprint density at radius 3 is 2.94 bits per heavy atom. The van der Waals surface area contributed by atoms with Crippen LogP contribution in [0.4, 0.5) is 4.39 Å². The van der Waals surface area contributed by atoms with Gasteiger partial charge in [0.2, 0.25) is 0 Å². The van der Waals surface area contributed by atoms with Crippen molar-refractivity contribution >= 4 is 5.97 Å². The van der Waals surface area contributed by atoms with Crippen LogP contribution in [0, 0.1) is 12.7 Å². The monoisotopic (exact) mass is 248 g/mol. The van der Waals surface area contributed by atoms with Gasteiger partial charge in [-0.25, -0.2) is 4.39 Å². The molecule has 2 aromatic rings. The molecule has 0 spiro atoms. The summed E-state index contributed by atoms with van der Waals surface area (Å²) in [4.78, 5) is 10.5. The smallest absolute Gasteiger partial charge is 0.303 e. The van der Waals surface area contributed by atoms with E-state index < -0.39 is 5.97 Å². The van der Waals surface area contributed by atoms with Gasteiger partial charge in [0.05, 0.1) is 12.1 Å². The standard InChI is InChI=1S/C13H13FN2O2/c1-8-11(5-6-12(17)18)15-16-13(8)9-3-2-4-10(14)7-9/h2-4,7H,5-6H2,1H3,(H,15,16)(H,17,18). The first kappa shape index (κ1) is 12.3. The second-order valence-corrected chi connectivity index (χ2v) is 4.08. The minimum Gasteiger partial charge on any atom is -0.481 e. The van der Waals surface area contributed by atoms with Crippen LogP contribution in [0.1, 0.15) is 17.7 Å². The van der Waals surface area contributed by atoms with E-state index >= 15 is 0 Å². The van der Waals surface area contributed by atoms with Crippen LogP contribution in [0.2, 0.25) is 0 Å². The summed E-state index contributed by atoms with van der Waals surface area (Å²) in [5.74, 6) is -1.17. The predicted molar refractivity (Wildman–Crippen MR) is 64.7 cm³/mol. The first-order chi connectivity index (χ1) is 8.58. The Bertz CT molecular complexity index is 578. The molecule has 18 heavy (non-hydrogen) atoms. The van der Waals surface area contributed by atoms with E-state index in [2.05, 4.69) is 10.2 Å². The third kappa shape index (κ3) is 2.56. The maximum absolute atomic E-state index is 13.1. The maximum Gasteiger partial charge on any atom is 0.303 e. The fourth-order valence-electron chi connectivity index (χ4n) is 1.83. The lowest BCUT2D eigenvalue weighted by Crippen LogP contribution is -1.98. The van der Waals surface area contributed by atoms with Crippen LogP contribution in [0.5, 0.6) is 0 Å². The third-order valence-corrected chi connectivity index (χ3v) is 2.80. The van der Waals surface area contributed by atoms with Crippen molar-refractivity contribution in [3.8, 4) is 11.3 Å². The SMILES string of the molecule is Cc1c(-c2cccc(F)c2)n[nH]c1CCC(=O)O. The number of hydrogen-bond donors (Lipinski definition) is 2. The second-order valence-electron chi connectivity index (χ2n) is 4.08. The van der Waals surface area contributed by atoms with Crippen LogP contribution in [-0.2, 0) is 11.2 Å². The normalized spacial score (nSPS) is 10.6. The van der Waals surface area contributed by atoms with Crippen molar-refractivity contribution in [2.24, 2.45) is 0 Å². The molecule has 0 unspecified atom stereocenters. The molecule has 0 bridgehead atoms. The minimum atomic E-state index is -0.851. The van der Waals surface area contributed by atoms with Crippen LogP contribution in [0.3, 0.4) is 0 Å². The molecular formula is C13H13FN2O2. The number of aryl methyl sites for hydroxylation is 1. The number of carboxylic acids is 1. The number of rotatable bonds is 4. The fraction of sp³-hybridized carbons (Fsp3) is 0.231. The first-order valence-corrected chi connectivity index (χ1v) is 5.59. The van der Waals surface area contributed by atoms with Gasteiger partial charge in [0.15, 0.2) is 0 Å². The zero-order valence-corrected chi connectivity index (χ0v) is 9.90. The Balaban J connectivity index is 2.28. The van der Waals surface area contributed by atoms with Crippen LogP contribution in [0.25, 0.3) is 11.3 Å². The molecule has 2 N–H and O–H groups in total. The van der Waals surface area contributed by atoms with Crippen LogP contribution in [-0.4, -0.2) is 21.3 Å². The largest absolute Gasteiger partial charge is 0.481 e. The molecular weight excluding hydrogens is 235 g/mol. The molecule has 2 rings (SSSR count).